The summed E-state index contributed by atoms with van der Waals surface area (Å²) in [7, 11) is 5.34. The average Bonchev–Trinajstić information content (AvgIpc) is 3.12. The van der Waals surface area contributed by atoms with Gasteiger partial charge >= 0.3 is 5.97 Å². The van der Waals surface area contributed by atoms with E-state index in [1.54, 1.807) is 20.2 Å². The number of para-hydroxylation sites is 1. The minimum Gasteiger partial charge on any atom is -0.478 e. The minimum atomic E-state index is -1.02. The zero-order chi connectivity index (χ0) is 25.8. The second-order valence-electron chi connectivity index (χ2n) is 9.73. The number of fused-ring (bicyclic) bond motifs is 1. The molecule has 8 nitrogen and oxygen atoms in total. The number of aromatic nitrogens is 1. The van der Waals surface area contributed by atoms with Crippen LogP contribution in [0.3, 0.4) is 0 Å². The first kappa shape index (κ1) is 27.1. The molecule has 0 saturated carbocycles. The Morgan fingerprint density at radius 2 is 1.82 bits per heavy atom. The van der Waals surface area contributed by atoms with E-state index in [-0.39, 0.29) is 29.9 Å². The Morgan fingerprint density at radius 1 is 1.21 bits per heavy atom. The summed E-state index contributed by atoms with van der Waals surface area (Å²) in [4.78, 5) is 38.8. The second-order valence-corrected chi connectivity index (χ2v) is 9.73. The Hall–Kier alpha value is -3.13. The van der Waals surface area contributed by atoms with Gasteiger partial charge in [-0.3, -0.25) is 9.59 Å². The fourth-order valence-corrected chi connectivity index (χ4v) is 4.46. The maximum atomic E-state index is 13.2. The van der Waals surface area contributed by atoms with Gasteiger partial charge in [-0.05, 0) is 31.5 Å². The number of aryl methyl sites for hydroxylation is 1. The van der Waals surface area contributed by atoms with Gasteiger partial charge in [0.1, 0.15) is 0 Å². The third-order valence-corrected chi connectivity index (χ3v) is 6.56. The summed E-state index contributed by atoms with van der Waals surface area (Å²) < 4.78 is 2.05. The normalized spacial score (nSPS) is 14.2. The van der Waals surface area contributed by atoms with E-state index in [9.17, 15) is 19.5 Å². The van der Waals surface area contributed by atoms with Gasteiger partial charge in [-0.25, -0.2) is 4.79 Å². The summed E-state index contributed by atoms with van der Waals surface area (Å²) in [6.45, 7) is 9.19. The molecular weight excluding hydrogens is 432 g/mol. The summed E-state index contributed by atoms with van der Waals surface area (Å²) in [6, 6.07) is 7.09. The highest BCUT2D eigenvalue weighted by atomic mass is 16.4. The van der Waals surface area contributed by atoms with E-state index in [0.717, 1.165) is 16.5 Å². The standard InChI is InChI=1S/C26H38N4O4/c1-16(2)21(13-17(3)25(33)34)30(8)22(31)14-28-24(32)23(27-6)26(4,5)19-15-29(7)20-12-10-9-11-18(19)20/h9-13,15-16,21,23,27H,14H2,1-8H3,(H,28,32)(H,33,34)/b17-13+/t21?,23-/m1/s1. The van der Waals surface area contributed by atoms with E-state index in [1.807, 2.05) is 69.8 Å². The van der Waals surface area contributed by atoms with Crippen LogP contribution in [-0.2, 0) is 26.8 Å². The number of aliphatic carboxylic acids is 1. The SMILES string of the molecule is CN[C@H](C(=O)NCC(=O)N(C)C(/C=C(\C)C(=O)O)C(C)C)C(C)(C)c1cn(C)c2ccccc12. The Kier molecular flexibility index (Phi) is 8.66. The lowest BCUT2D eigenvalue weighted by Crippen LogP contribution is -2.55. The molecule has 2 atom stereocenters. The molecule has 1 aromatic heterocycles. The molecular formula is C26H38N4O4. The molecule has 0 spiro atoms. The molecule has 0 aliphatic carbocycles. The first-order valence-corrected chi connectivity index (χ1v) is 11.5. The maximum absolute atomic E-state index is 13.2. The number of benzene rings is 1. The van der Waals surface area contributed by atoms with Gasteiger partial charge in [0.05, 0.1) is 18.6 Å². The minimum absolute atomic E-state index is 0.00861. The number of amides is 2. The van der Waals surface area contributed by atoms with Crippen molar-refractivity contribution in [3.8, 4) is 0 Å². The smallest absolute Gasteiger partial charge is 0.331 e. The summed E-state index contributed by atoms with van der Waals surface area (Å²) in [5.41, 5.74) is 1.74. The zero-order valence-electron chi connectivity index (χ0n) is 21.5. The summed E-state index contributed by atoms with van der Waals surface area (Å²) in [5, 5.41) is 16.2. The molecule has 0 fully saturated rings. The van der Waals surface area contributed by atoms with Crippen LogP contribution in [0, 0.1) is 5.92 Å². The van der Waals surface area contributed by atoms with Crippen molar-refractivity contribution in [2.24, 2.45) is 13.0 Å². The predicted octanol–water partition coefficient (Wildman–Crippen LogP) is 2.67. The van der Waals surface area contributed by atoms with Crippen LogP contribution in [-0.4, -0.2) is 65.1 Å². The summed E-state index contributed by atoms with van der Waals surface area (Å²) >= 11 is 0. The van der Waals surface area contributed by atoms with Crippen LogP contribution >= 0.6 is 0 Å². The molecule has 1 aromatic carbocycles. The third kappa shape index (κ3) is 5.67. The van der Waals surface area contributed by atoms with Gasteiger partial charge in [0, 0.05) is 42.2 Å². The van der Waals surface area contributed by atoms with Crippen molar-refractivity contribution in [1.29, 1.82) is 0 Å². The molecule has 2 aromatic rings. The van der Waals surface area contributed by atoms with Crippen LogP contribution in [0.25, 0.3) is 10.9 Å². The molecule has 34 heavy (non-hydrogen) atoms. The third-order valence-electron chi connectivity index (χ3n) is 6.56. The van der Waals surface area contributed by atoms with Crippen LogP contribution in [0.2, 0.25) is 0 Å². The first-order chi connectivity index (χ1) is 15.8. The van der Waals surface area contributed by atoms with Crippen molar-refractivity contribution >= 4 is 28.7 Å². The van der Waals surface area contributed by atoms with Crippen LogP contribution in [0.4, 0.5) is 0 Å². The molecule has 1 heterocycles. The molecule has 186 valence electrons. The highest BCUT2D eigenvalue weighted by Crippen LogP contribution is 2.34. The van der Waals surface area contributed by atoms with Gasteiger partial charge in [0.25, 0.3) is 0 Å². The van der Waals surface area contributed by atoms with Gasteiger partial charge in [-0.1, -0.05) is 52.0 Å². The van der Waals surface area contributed by atoms with Crippen molar-refractivity contribution in [1.82, 2.24) is 20.1 Å². The number of nitrogens with zero attached hydrogens (tertiary/aromatic N) is 2. The van der Waals surface area contributed by atoms with Crippen molar-refractivity contribution in [3.63, 3.8) is 0 Å². The molecule has 0 saturated heterocycles. The van der Waals surface area contributed by atoms with Crippen molar-refractivity contribution < 1.29 is 19.5 Å². The predicted molar refractivity (Wildman–Crippen MR) is 135 cm³/mol. The van der Waals surface area contributed by atoms with Crippen molar-refractivity contribution in [3.05, 3.63) is 47.7 Å². The van der Waals surface area contributed by atoms with E-state index >= 15 is 0 Å². The molecule has 2 amide bonds. The lowest BCUT2D eigenvalue weighted by molar-refractivity contribution is -0.134. The lowest BCUT2D eigenvalue weighted by Gasteiger charge is -2.34. The number of nitrogens with one attached hydrogen (secondary N) is 2. The zero-order valence-corrected chi connectivity index (χ0v) is 21.5. The second kappa shape index (κ2) is 10.9. The number of carbonyl (C=O) groups excluding carboxylic acids is 2. The van der Waals surface area contributed by atoms with Gasteiger partial charge in [-0.15, -0.1) is 0 Å². The van der Waals surface area contributed by atoms with Crippen LogP contribution < -0.4 is 10.6 Å². The number of carboxylic acid groups (broad SMARTS) is 1. The summed E-state index contributed by atoms with van der Waals surface area (Å²) in [6.07, 6.45) is 3.62. The molecule has 0 aliphatic heterocycles. The number of carbonyl (C=O) groups is 3. The fourth-order valence-electron chi connectivity index (χ4n) is 4.46. The number of hydrogen-bond acceptors (Lipinski definition) is 4. The van der Waals surface area contributed by atoms with Crippen LogP contribution in [0.15, 0.2) is 42.1 Å². The van der Waals surface area contributed by atoms with E-state index in [4.69, 9.17) is 0 Å². The number of hydrogen-bond donors (Lipinski definition) is 3. The Labute approximate surface area is 202 Å². The maximum Gasteiger partial charge on any atom is 0.331 e. The van der Waals surface area contributed by atoms with Crippen molar-refractivity contribution in [2.45, 2.75) is 52.1 Å². The van der Waals surface area contributed by atoms with E-state index < -0.39 is 23.5 Å². The molecule has 8 heteroatoms. The van der Waals surface area contributed by atoms with E-state index in [2.05, 4.69) is 10.6 Å². The highest BCUT2D eigenvalue weighted by Gasteiger charge is 2.38. The highest BCUT2D eigenvalue weighted by molar-refractivity contribution is 5.91. The molecule has 0 bridgehead atoms. The largest absolute Gasteiger partial charge is 0.478 e. The van der Waals surface area contributed by atoms with Crippen LogP contribution in [0.5, 0.6) is 0 Å². The number of rotatable bonds is 10. The molecule has 0 radical (unpaired) electrons. The van der Waals surface area contributed by atoms with Crippen molar-refractivity contribution in [2.75, 3.05) is 20.6 Å². The Morgan fingerprint density at radius 3 is 2.38 bits per heavy atom. The Balaban J connectivity index is 2.18. The van der Waals surface area contributed by atoms with Gasteiger partial charge in [0.15, 0.2) is 0 Å². The molecule has 3 N–H and O–H groups in total. The average molecular weight is 471 g/mol. The monoisotopic (exact) mass is 470 g/mol. The first-order valence-electron chi connectivity index (χ1n) is 11.5. The fraction of sp³-hybridized carbons (Fsp3) is 0.500. The van der Waals surface area contributed by atoms with E-state index in [0.29, 0.717) is 0 Å². The molecule has 2 rings (SSSR count). The number of carboxylic acids is 1. The van der Waals surface area contributed by atoms with Crippen LogP contribution in [0.1, 0.15) is 40.2 Å². The molecule has 0 aliphatic rings. The quantitative estimate of drug-likeness (QED) is 0.463. The van der Waals surface area contributed by atoms with E-state index in [1.165, 1.54) is 11.8 Å². The van der Waals surface area contributed by atoms with Gasteiger partial charge < -0.3 is 25.2 Å². The van der Waals surface area contributed by atoms with Gasteiger partial charge in [0.2, 0.25) is 11.8 Å². The topological polar surface area (TPSA) is 104 Å². The molecule has 1 unspecified atom stereocenters. The van der Waals surface area contributed by atoms with Gasteiger partial charge in [-0.2, -0.15) is 0 Å². The lowest BCUT2D eigenvalue weighted by atomic mass is 9.77. The Bertz CT molecular complexity index is 1080. The number of likely N-dealkylation sites (N-methyl/N-ethyl adjacent to an activating group) is 2. The summed E-state index contributed by atoms with van der Waals surface area (Å²) in [5.74, 6) is -1.58.